The van der Waals surface area contributed by atoms with Crippen molar-refractivity contribution in [3.63, 3.8) is 0 Å². The van der Waals surface area contributed by atoms with Gasteiger partial charge in [-0.3, -0.25) is 0 Å². The van der Waals surface area contributed by atoms with Crippen LogP contribution in [-0.2, 0) is 0 Å². The molecular formula is C66H44N2. The first-order valence-corrected chi connectivity index (χ1v) is 23.4. The third kappa shape index (κ3) is 6.57. The first kappa shape index (κ1) is 39.4. The molecular weight excluding hydrogens is 821 g/mol. The summed E-state index contributed by atoms with van der Waals surface area (Å²) in [6, 6.07) is 97.5. The number of nitrogens with zero attached hydrogens (tertiary/aromatic N) is 2. The van der Waals surface area contributed by atoms with Crippen molar-refractivity contribution in [1.82, 2.24) is 4.57 Å². The van der Waals surface area contributed by atoms with E-state index in [0.717, 1.165) is 33.8 Å². The third-order valence-electron chi connectivity index (χ3n) is 13.7. The Morgan fingerprint density at radius 1 is 0.279 bits per heavy atom. The van der Waals surface area contributed by atoms with Crippen LogP contribution in [0.25, 0.3) is 104 Å². The van der Waals surface area contributed by atoms with E-state index in [-0.39, 0.29) is 0 Å². The van der Waals surface area contributed by atoms with Gasteiger partial charge < -0.3 is 9.47 Å². The molecule has 0 N–H and O–H groups in total. The monoisotopic (exact) mass is 864 g/mol. The molecule has 1 aromatic heterocycles. The quantitative estimate of drug-likeness (QED) is 0.138. The van der Waals surface area contributed by atoms with Crippen LogP contribution < -0.4 is 4.90 Å². The maximum absolute atomic E-state index is 2.45. The molecule has 0 amide bonds. The van der Waals surface area contributed by atoms with Crippen LogP contribution in [0.1, 0.15) is 0 Å². The molecule has 0 aliphatic rings. The van der Waals surface area contributed by atoms with Crippen LogP contribution in [0.15, 0.2) is 267 Å². The normalized spacial score (nSPS) is 11.5. The standard InChI is InChI=1S/C66H44N2/c1-4-20-47(21-5-1)64-58-31-13-12-30-56(58)57-42-39-49(44-60(57)65(64)48-22-6-2-7-23-48)45-37-40-52(41-38-45)67(53-28-16-25-50(43-53)55-33-17-24-46-19-10-11-29-54(46)55)62-35-18-36-63-66(62)59-32-14-15-34-61(59)68(63)51-26-8-3-9-27-51/h1-44H. The van der Waals surface area contributed by atoms with Gasteiger partial charge >= 0.3 is 0 Å². The van der Waals surface area contributed by atoms with E-state index in [9.17, 15) is 0 Å². The lowest BCUT2D eigenvalue weighted by molar-refractivity contribution is 1.18. The first-order chi connectivity index (χ1) is 33.8. The second kappa shape index (κ2) is 16.5. The number of hydrogen-bond donors (Lipinski definition) is 0. The molecule has 0 aliphatic carbocycles. The molecule has 0 bridgehead atoms. The molecule has 0 unspecified atom stereocenters. The van der Waals surface area contributed by atoms with Crippen molar-refractivity contribution in [1.29, 1.82) is 0 Å². The zero-order valence-electron chi connectivity index (χ0n) is 37.3. The zero-order chi connectivity index (χ0) is 45.0. The highest BCUT2D eigenvalue weighted by Crippen LogP contribution is 2.48. The van der Waals surface area contributed by atoms with E-state index in [4.69, 9.17) is 0 Å². The van der Waals surface area contributed by atoms with Gasteiger partial charge in [0.15, 0.2) is 0 Å². The van der Waals surface area contributed by atoms with Gasteiger partial charge in [0.1, 0.15) is 0 Å². The van der Waals surface area contributed by atoms with Crippen LogP contribution in [0.3, 0.4) is 0 Å². The summed E-state index contributed by atoms with van der Waals surface area (Å²) in [4.78, 5) is 2.45. The number of para-hydroxylation sites is 2. The molecule has 0 aliphatic heterocycles. The highest BCUT2D eigenvalue weighted by molar-refractivity contribution is 6.22. The lowest BCUT2D eigenvalue weighted by atomic mass is 9.84. The minimum atomic E-state index is 1.08. The van der Waals surface area contributed by atoms with Gasteiger partial charge in [-0.05, 0) is 137 Å². The second-order valence-electron chi connectivity index (χ2n) is 17.6. The molecule has 318 valence electrons. The molecule has 0 atom stereocenters. The highest BCUT2D eigenvalue weighted by atomic mass is 15.1. The number of rotatable bonds is 8. The van der Waals surface area contributed by atoms with Crippen LogP contribution in [-0.4, -0.2) is 4.57 Å². The van der Waals surface area contributed by atoms with Crippen LogP contribution in [0, 0.1) is 0 Å². The van der Waals surface area contributed by atoms with Gasteiger partial charge in [-0.15, -0.1) is 0 Å². The predicted octanol–water partition coefficient (Wildman–Crippen LogP) is 18.4. The number of hydrogen-bond acceptors (Lipinski definition) is 1. The molecule has 0 radical (unpaired) electrons. The van der Waals surface area contributed by atoms with E-state index in [0.29, 0.717) is 0 Å². The summed E-state index contributed by atoms with van der Waals surface area (Å²) in [6.07, 6.45) is 0. The van der Waals surface area contributed by atoms with Crippen molar-refractivity contribution < 1.29 is 0 Å². The maximum atomic E-state index is 2.45. The number of fused-ring (bicyclic) bond motifs is 7. The summed E-state index contributed by atoms with van der Waals surface area (Å²) in [6.45, 7) is 0. The van der Waals surface area contributed by atoms with Crippen molar-refractivity contribution in [3.05, 3.63) is 267 Å². The topological polar surface area (TPSA) is 8.17 Å². The first-order valence-electron chi connectivity index (χ1n) is 23.4. The maximum Gasteiger partial charge on any atom is 0.0562 e. The van der Waals surface area contributed by atoms with Gasteiger partial charge in [-0.2, -0.15) is 0 Å². The van der Waals surface area contributed by atoms with E-state index < -0.39 is 0 Å². The van der Waals surface area contributed by atoms with Crippen molar-refractivity contribution in [2.45, 2.75) is 0 Å². The fraction of sp³-hybridized carbons (Fsp3) is 0. The molecule has 68 heavy (non-hydrogen) atoms. The largest absolute Gasteiger partial charge is 0.310 e. The van der Waals surface area contributed by atoms with E-state index in [1.807, 2.05) is 0 Å². The molecule has 0 spiro atoms. The molecule has 0 fully saturated rings. The van der Waals surface area contributed by atoms with Gasteiger partial charge in [0, 0.05) is 27.8 Å². The summed E-state index contributed by atoms with van der Waals surface area (Å²) >= 11 is 0. The third-order valence-corrected chi connectivity index (χ3v) is 13.7. The molecule has 12 aromatic carbocycles. The highest BCUT2D eigenvalue weighted by Gasteiger charge is 2.23. The van der Waals surface area contributed by atoms with Crippen LogP contribution in [0.2, 0.25) is 0 Å². The van der Waals surface area contributed by atoms with Crippen molar-refractivity contribution in [2.75, 3.05) is 4.90 Å². The van der Waals surface area contributed by atoms with E-state index in [1.165, 1.54) is 87.6 Å². The van der Waals surface area contributed by atoms with E-state index >= 15 is 0 Å². The SMILES string of the molecule is c1ccc(-c2c(-c3ccccc3)c3cc(-c4ccc(N(c5cccc(-c6cccc7ccccc67)c5)c5cccc6c5c5ccccc5n6-c5ccccc5)cc4)ccc3c3ccccc23)cc1. The summed E-state index contributed by atoms with van der Waals surface area (Å²) in [5.74, 6) is 0. The Hall–Kier alpha value is -8.98. The Balaban J connectivity index is 1.01. The Bertz CT molecular complexity index is 4000. The van der Waals surface area contributed by atoms with Gasteiger partial charge in [0.2, 0.25) is 0 Å². The van der Waals surface area contributed by atoms with Gasteiger partial charge in [-0.25, -0.2) is 0 Å². The van der Waals surface area contributed by atoms with Crippen molar-refractivity contribution in [2.24, 2.45) is 0 Å². The minimum absolute atomic E-state index is 1.08. The second-order valence-corrected chi connectivity index (χ2v) is 17.6. The smallest absolute Gasteiger partial charge is 0.0562 e. The lowest BCUT2D eigenvalue weighted by Gasteiger charge is -2.27. The van der Waals surface area contributed by atoms with E-state index in [1.54, 1.807) is 0 Å². The average Bonchev–Trinajstić information content (AvgIpc) is 3.76. The minimum Gasteiger partial charge on any atom is -0.310 e. The Labute approximate surface area is 395 Å². The van der Waals surface area contributed by atoms with Gasteiger partial charge in [0.05, 0.1) is 16.7 Å². The van der Waals surface area contributed by atoms with Crippen LogP contribution in [0.5, 0.6) is 0 Å². The zero-order valence-corrected chi connectivity index (χ0v) is 37.3. The fourth-order valence-corrected chi connectivity index (χ4v) is 10.7. The molecule has 2 heteroatoms. The van der Waals surface area contributed by atoms with Crippen LogP contribution >= 0.6 is 0 Å². The Morgan fingerprint density at radius 2 is 0.824 bits per heavy atom. The van der Waals surface area contributed by atoms with Gasteiger partial charge in [-0.1, -0.05) is 206 Å². The Kier molecular flexibility index (Phi) is 9.54. The number of aromatic nitrogens is 1. The summed E-state index contributed by atoms with van der Waals surface area (Å²) in [5.41, 5.74) is 16.4. The molecule has 13 rings (SSSR count). The molecule has 0 saturated heterocycles. The average molecular weight is 865 g/mol. The van der Waals surface area contributed by atoms with E-state index in [2.05, 4.69) is 276 Å². The lowest BCUT2D eigenvalue weighted by Crippen LogP contribution is -2.10. The summed E-state index contributed by atoms with van der Waals surface area (Å²) in [7, 11) is 0. The molecule has 2 nitrogen and oxygen atoms in total. The van der Waals surface area contributed by atoms with Gasteiger partial charge in [0.25, 0.3) is 0 Å². The predicted molar refractivity (Wildman–Crippen MR) is 290 cm³/mol. The number of benzene rings is 12. The summed E-state index contributed by atoms with van der Waals surface area (Å²) in [5, 5.41) is 9.89. The van der Waals surface area contributed by atoms with Crippen LogP contribution in [0.4, 0.5) is 17.1 Å². The summed E-state index contributed by atoms with van der Waals surface area (Å²) < 4.78 is 2.40. The molecule has 0 saturated carbocycles. The number of anilines is 3. The fourth-order valence-electron chi connectivity index (χ4n) is 10.7. The molecule has 1 heterocycles. The molecule has 13 aromatic rings. The van der Waals surface area contributed by atoms with Crippen molar-refractivity contribution >= 4 is 71.2 Å². The van der Waals surface area contributed by atoms with Crippen molar-refractivity contribution in [3.8, 4) is 50.2 Å². The Morgan fingerprint density at radius 3 is 1.59 bits per heavy atom.